The van der Waals surface area contributed by atoms with Crippen molar-refractivity contribution in [2.24, 2.45) is 4.99 Å². The highest BCUT2D eigenvalue weighted by atomic mass is 15.1. The summed E-state index contributed by atoms with van der Waals surface area (Å²) in [6.45, 7) is 9.36. The molecule has 0 aliphatic heterocycles. The van der Waals surface area contributed by atoms with E-state index in [2.05, 4.69) is 36.1 Å². The lowest BCUT2D eigenvalue weighted by Crippen LogP contribution is -2.36. The summed E-state index contributed by atoms with van der Waals surface area (Å²) in [5, 5.41) is 3.22. The van der Waals surface area contributed by atoms with Gasteiger partial charge in [-0.25, -0.2) is 0 Å². The molecule has 0 saturated carbocycles. The fourth-order valence-electron chi connectivity index (χ4n) is 0.921. The van der Waals surface area contributed by atoms with E-state index in [0.29, 0.717) is 6.04 Å². The Bertz CT molecular complexity index is 123. The molecule has 0 fully saturated rings. The number of likely N-dealkylation sites (N-methyl/N-ethyl adjacent to an activating group) is 1. The van der Waals surface area contributed by atoms with Crippen molar-refractivity contribution in [3.05, 3.63) is 0 Å². The maximum absolute atomic E-state index is 4.09. The lowest BCUT2D eigenvalue weighted by atomic mass is 10.3. The Balaban J connectivity index is 3.45. The molecular formula is C9H21N3. The van der Waals surface area contributed by atoms with Crippen molar-refractivity contribution in [1.82, 2.24) is 10.2 Å². The molecule has 0 bridgehead atoms. The molecule has 0 aromatic rings. The lowest BCUT2D eigenvalue weighted by Gasteiger charge is -2.19. The van der Waals surface area contributed by atoms with E-state index >= 15 is 0 Å². The van der Waals surface area contributed by atoms with Gasteiger partial charge in [0.25, 0.3) is 0 Å². The van der Waals surface area contributed by atoms with Crippen LogP contribution in [0.3, 0.4) is 0 Å². The van der Waals surface area contributed by atoms with Gasteiger partial charge in [0.05, 0.1) is 6.34 Å². The summed E-state index contributed by atoms with van der Waals surface area (Å²) in [4.78, 5) is 6.37. The average molecular weight is 171 g/mol. The molecule has 3 nitrogen and oxygen atoms in total. The van der Waals surface area contributed by atoms with Gasteiger partial charge >= 0.3 is 0 Å². The smallest absolute Gasteiger partial charge is 0.0826 e. The molecule has 12 heavy (non-hydrogen) atoms. The van der Waals surface area contributed by atoms with E-state index in [1.54, 1.807) is 6.34 Å². The maximum Gasteiger partial charge on any atom is 0.0826 e. The monoisotopic (exact) mass is 171 g/mol. The topological polar surface area (TPSA) is 27.6 Å². The van der Waals surface area contributed by atoms with Gasteiger partial charge in [0.15, 0.2) is 0 Å². The van der Waals surface area contributed by atoms with Gasteiger partial charge in [-0.2, -0.15) is 0 Å². The van der Waals surface area contributed by atoms with Crippen LogP contribution in [-0.4, -0.2) is 44.0 Å². The van der Waals surface area contributed by atoms with Gasteiger partial charge in [-0.05, 0) is 27.4 Å². The number of nitrogens with one attached hydrogen (secondary N) is 1. The van der Waals surface area contributed by atoms with Gasteiger partial charge < -0.3 is 10.2 Å². The minimum Gasteiger partial charge on any atom is -0.373 e. The van der Waals surface area contributed by atoms with Crippen LogP contribution in [0.1, 0.15) is 20.8 Å². The van der Waals surface area contributed by atoms with E-state index in [1.165, 1.54) is 0 Å². The summed E-state index contributed by atoms with van der Waals surface area (Å²) in [7, 11) is 2.12. The summed E-state index contributed by atoms with van der Waals surface area (Å²) in [5.41, 5.74) is 0. The maximum atomic E-state index is 4.09. The van der Waals surface area contributed by atoms with E-state index in [9.17, 15) is 0 Å². The molecular weight excluding hydrogens is 150 g/mol. The summed E-state index contributed by atoms with van der Waals surface area (Å²) in [5.74, 6) is 0. The zero-order valence-electron chi connectivity index (χ0n) is 8.67. The predicted molar refractivity (Wildman–Crippen MR) is 54.8 cm³/mol. The summed E-state index contributed by atoms with van der Waals surface area (Å²) < 4.78 is 0. The van der Waals surface area contributed by atoms with Crippen molar-refractivity contribution in [1.29, 1.82) is 0 Å². The quantitative estimate of drug-likeness (QED) is 0.476. The fraction of sp³-hybridized carbons (Fsp3) is 0.889. The van der Waals surface area contributed by atoms with E-state index in [-0.39, 0.29) is 0 Å². The van der Waals surface area contributed by atoms with E-state index in [1.807, 2.05) is 6.92 Å². The van der Waals surface area contributed by atoms with Crippen molar-refractivity contribution in [3.8, 4) is 0 Å². The highest BCUT2D eigenvalue weighted by Crippen LogP contribution is 1.85. The first-order valence-corrected chi connectivity index (χ1v) is 4.63. The third-order valence-electron chi connectivity index (χ3n) is 1.76. The number of nitrogens with zero attached hydrogens (tertiary/aromatic N) is 2. The molecule has 0 radical (unpaired) electrons. The molecule has 1 N–H and O–H groups in total. The van der Waals surface area contributed by atoms with Gasteiger partial charge in [0.2, 0.25) is 0 Å². The molecule has 0 saturated heterocycles. The predicted octanol–water partition coefficient (Wildman–Crippen LogP) is 0.964. The van der Waals surface area contributed by atoms with Crippen LogP contribution >= 0.6 is 0 Å². The molecule has 72 valence electrons. The number of aliphatic imine (C=N–C) groups is 1. The van der Waals surface area contributed by atoms with Gasteiger partial charge in [0.1, 0.15) is 0 Å². The van der Waals surface area contributed by atoms with Crippen molar-refractivity contribution < 1.29 is 0 Å². The molecule has 0 aliphatic carbocycles. The summed E-state index contributed by atoms with van der Waals surface area (Å²) >= 11 is 0. The first kappa shape index (κ1) is 11.4. The van der Waals surface area contributed by atoms with Gasteiger partial charge in [-0.15, -0.1) is 0 Å². The number of hydrogen-bond acceptors (Lipinski definition) is 2. The molecule has 0 heterocycles. The molecule has 0 aliphatic rings. The van der Waals surface area contributed by atoms with Crippen molar-refractivity contribution in [2.45, 2.75) is 26.8 Å². The SMILES string of the molecule is CCN=CNC(C)CN(C)CC. The Labute approximate surface area is 75.9 Å². The van der Waals surface area contributed by atoms with E-state index in [0.717, 1.165) is 19.6 Å². The van der Waals surface area contributed by atoms with E-state index in [4.69, 9.17) is 0 Å². The lowest BCUT2D eigenvalue weighted by molar-refractivity contribution is 0.325. The van der Waals surface area contributed by atoms with Crippen molar-refractivity contribution >= 4 is 6.34 Å². The Morgan fingerprint density at radius 3 is 2.67 bits per heavy atom. The molecule has 1 atom stereocenters. The van der Waals surface area contributed by atoms with Gasteiger partial charge in [-0.3, -0.25) is 4.99 Å². The Morgan fingerprint density at radius 2 is 2.17 bits per heavy atom. The van der Waals surface area contributed by atoms with Crippen LogP contribution in [0.4, 0.5) is 0 Å². The largest absolute Gasteiger partial charge is 0.373 e. The molecule has 0 aromatic heterocycles. The fourth-order valence-corrected chi connectivity index (χ4v) is 0.921. The normalized spacial score (nSPS) is 14.1. The summed E-state index contributed by atoms with van der Waals surface area (Å²) in [6, 6.07) is 0.477. The minimum atomic E-state index is 0.477. The Morgan fingerprint density at radius 1 is 1.50 bits per heavy atom. The number of hydrogen-bond donors (Lipinski definition) is 1. The van der Waals surface area contributed by atoms with E-state index < -0.39 is 0 Å². The van der Waals surface area contributed by atoms with Crippen LogP contribution in [0.5, 0.6) is 0 Å². The third kappa shape index (κ3) is 6.16. The average Bonchev–Trinajstić information content (AvgIpc) is 2.05. The molecule has 0 amide bonds. The number of rotatable bonds is 6. The van der Waals surface area contributed by atoms with Crippen LogP contribution in [-0.2, 0) is 0 Å². The third-order valence-corrected chi connectivity index (χ3v) is 1.76. The highest BCUT2D eigenvalue weighted by Gasteiger charge is 2.00. The van der Waals surface area contributed by atoms with Gasteiger partial charge in [0, 0.05) is 19.1 Å². The van der Waals surface area contributed by atoms with Crippen molar-refractivity contribution in [2.75, 3.05) is 26.7 Å². The van der Waals surface area contributed by atoms with Crippen LogP contribution in [0.25, 0.3) is 0 Å². The minimum absolute atomic E-state index is 0.477. The zero-order chi connectivity index (χ0) is 9.40. The van der Waals surface area contributed by atoms with Crippen LogP contribution in [0.2, 0.25) is 0 Å². The summed E-state index contributed by atoms with van der Waals surface area (Å²) in [6.07, 6.45) is 1.80. The molecule has 0 aromatic carbocycles. The van der Waals surface area contributed by atoms with Crippen molar-refractivity contribution in [3.63, 3.8) is 0 Å². The molecule has 1 unspecified atom stereocenters. The van der Waals surface area contributed by atoms with Crippen LogP contribution < -0.4 is 5.32 Å². The van der Waals surface area contributed by atoms with Crippen LogP contribution in [0, 0.1) is 0 Å². The Kier molecular flexibility index (Phi) is 6.76. The Hall–Kier alpha value is -0.570. The first-order chi connectivity index (χ1) is 5.70. The highest BCUT2D eigenvalue weighted by molar-refractivity contribution is 5.54. The standard InChI is InChI=1S/C9H21N3/c1-5-10-8-11-9(3)7-12(4)6-2/h8-9H,5-7H2,1-4H3,(H,10,11). The van der Waals surface area contributed by atoms with Gasteiger partial charge in [-0.1, -0.05) is 6.92 Å². The van der Waals surface area contributed by atoms with Crippen LogP contribution in [0.15, 0.2) is 4.99 Å². The second kappa shape index (κ2) is 7.10. The molecule has 0 rings (SSSR count). The zero-order valence-corrected chi connectivity index (χ0v) is 8.67. The molecule has 0 spiro atoms. The second-order valence-corrected chi connectivity index (χ2v) is 3.05. The second-order valence-electron chi connectivity index (χ2n) is 3.05. The first-order valence-electron chi connectivity index (χ1n) is 4.63. The molecule has 3 heteroatoms.